The molecular formula is C77H69Cl3N18O10. The largest absolute Gasteiger partial charge is 0.480 e. The first kappa shape index (κ1) is 78.8. The summed E-state index contributed by atoms with van der Waals surface area (Å²) in [6.07, 6.45) is 9.33. The topological polar surface area (TPSA) is 390 Å². The van der Waals surface area contributed by atoms with Crippen LogP contribution in [0.5, 0.6) is 46.3 Å². The second-order valence-corrected chi connectivity index (χ2v) is 24.9. The van der Waals surface area contributed by atoms with Crippen molar-refractivity contribution in [2.24, 2.45) is 26.9 Å². The number of hydrogen-bond donors (Lipinski definition) is 5. The normalized spacial score (nSPS) is 10.4. The fourth-order valence-electron chi connectivity index (χ4n) is 11.0. The van der Waals surface area contributed by atoms with Crippen LogP contribution in [0.25, 0.3) is 33.4 Å². The number of benzene rings is 6. The highest BCUT2D eigenvalue weighted by Crippen LogP contribution is 2.41. The summed E-state index contributed by atoms with van der Waals surface area (Å²) in [6, 6.07) is 36.7. The molecule has 548 valence electrons. The molecule has 0 fully saturated rings. The third kappa shape index (κ3) is 18.2. The number of aromatic carboxylic acids is 1. The van der Waals surface area contributed by atoms with Crippen LogP contribution in [-0.4, -0.2) is 97.0 Å². The third-order valence-electron chi connectivity index (χ3n) is 17.1. The number of rotatable bonds is 19. The maximum absolute atomic E-state index is 12.9. The van der Waals surface area contributed by atoms with Gasteiger partial charge in [-0.2, -0.15) is 46.4 Å². The number of aromatic nitrogens is 12. The first-order valence-electron chi connectivity index (χ1n) is 32.6. The van der Waals surface area contributed by atoms with E-state index in [2.05, 4.69) is 74.7 Å². The molecular weight excluding hydrogens is 1440 g/mol. The van der Waals surface area contributed by atoms with E-state index in [1.54, 1.807) is 172 Å². The molecule has 12 aromatic rings. The first-order chi connectivity index (χ1) is 51.8. The molecule has 0 saturated carbocycles. The summed E-state index contributed by atoms with van der Waals surface area (Å²) in [7, 11) is 8.55. The molecule has 6 heterocycles. The van der Waals surface area contributed by atoms with E-state index in [0.29, 0.717) is 114 Å². The SMILES string of the molecule is COc1nn(C)c(C)c1CN.COc1nn(C)c(C)c1CNC(=O)c1cc(Cl)c(Oc2cccc(-c3ccnnc3)c2C#N)cc1C.Cc1cc(Oc2cccc(-c3ccnnc3)c2C#N)c(Cl)cc1C(=O)NCc1c(C)n(C)[nH]c1=O.Cc1cc(Oc2cccc(-c3ccnnc3)c2C#N)c(Cl)cc1C(=O)O. The Labute approximate surface area is 634 Å². The van der Waals surface area contributed by atoms with Crippen molar-refractivity contribution in [2.75, 3.05) is 14.2 Å². The average Bonchev–Trinajstić information content (AvgIpc) is 1.23. The first-order valence-corrected chi connectivity index (χ1v) is 33.7. The van der Waals surface area contributed by atoms with Gasteiger partial charge in [0.2, 0.25) is 11.8 Å². The van der Waals surface area contributed by atoms with Crippen LogP contribution in [0.1, 0.15) is 98.2 Å². The summed E-state index contributed by atoms with van der Waals surface area (Å²) in [5, 5.41) is 78.5. The number of methoxy groups -OCH3 is 2. The average molecular weight is 1510 g/mol. The molecule has 6 N–H and O–H groups in total. The lowest BCUT2D eigenvalue weighted by atomic mass is 10.0. The van der Waals surface area contributed by atoms with Gasteiger partial charge in [-0.3, -0.25) is 33.5 Å². The van der Waals surface area contributed by atoms with E-state index in [4.69, 9.17) is 69.3 Å². The van der Waals surface area contributed by atoms with Crippen LogP contribution < -0.4 is 45.6 Å². The second kappa shape index (κ2) is 35.9. The molecule has 0 spiro atoms. The Morgan fingerprint density at radius 1 is 0.500 bits per heavy atom. The zero-order valence-electron chi connectivity index (χ0n) is 60.1. The Kier molecular flexibility index (Phi) is 26.2. The molecule has 0 aliphatic heterocycles. The summed E-state index contributed by atoms with van der Waals surface area (Å²) >= 11 is 19.1. The zero-order valence-corrected chi connectivity index (χ0v) is 62.3. The summed E-state index contributed by atoms with van der Waals surface area (Å²) < 4.78 is 33.3. The molecule has 0 atom stereocenters. The van der Waals surface area contributed by atoms with Gasteiger partial charge in [-0.1, -0.05) is 71.2 Å². The molecule has 28 nitrogen and oxygen atoms in total. The number of nitrogens with zero attached hydrogens (tertiary/aromatic N) is 14. The number of carbonyl (C=O) groups excluding carboxylic acids is 2. The number of halogens is 3. The maximum atomic E-state index is 12.9. The van der Waals surface area contributed by atoms with Gasteiger partial charge in [-0.05, 0) is 131 Å². The van der Waals surface area contributed by atoms with E-state index >= 15 is 0 Å². The van der Waals surface area contributed by atoms with E-state index in [1.165, 1.54) is 31.5 Å². The Morgan fingerprint density at radius 3 is 1.17 bits per heavy atom. The molecule has 0 bridgehead atoms. The maximum Gasteiger partial charge on any atom is 0.336 e. The lowest BCUT2D eigenvalue weighted by molar-refractivity contribution is 0.0695. The van der Waals surface area contributed by atoms with Crippen LogP contribution in [0.2, 0.25) is 15.1 Å². The minimum absolute atomic E-state index is 0.0817. The number of H-pyrrole nitrogens is 1. The van der Waals surface area contributed by atoms with Crippen LogP contribution in [-0.2, 0) is 40.8 Å². The zero-order chi connectivity index (χ0) is 78.0. The van der Waals surface area contributed by atoms with Gasteiger partial charge in [-0.25, -0.2) is 4.79 Å². The Balaban J connectivity index is 0.000000176. The summed E-state index contributed by atoms with van der Waals surface area (Å²) in [5.41, 5.74) is 18.0. The van der Waals surface area contributed by atoms with Gasteiger partial charge in [0.25, 0.3) is 17.4 Å². The van der Waals surface area contributed by atoms with Crippen LogP contribution in [0.3, 0.4) is 0 Å². The number of nitrogens with one attached hydrogen (secondary N) is 3. The van der Waals surface area contributed by atoms with Gasteiger partial charge in [0.15, 0.2) is 0 Å². The predicted molar refractivity (Wildman–Crippen MR) is 402 cm³/mol. The lowest BCUT2D eigenvalue weighted by Crippen LogP contribution is -2.26. The minimum atomic E-state index is -1.07. The summed E-state index contributed by atoms with van der Waals surface area (Å²) in [4.78, 5) is 49.0. The molecule has 0 saturated heterocycles. The molecule has 0 radical (unpaired) electrons. The van der Waals surface area contributed by atoms with E-state index in [-0.39, 0.29) is 56.8 Å². The van der Waals surface area contributed by atoms with Crippen molar-refractivity contribution in [3.05, 3.63) is 256 Å². The van der Waals surface area contributed by atoms with Gasteiger partial charge in [0, 0.05) is 89.3 Å². The van der Waals surface area contributed by atoms with Crippen molar-refractivity contribution in [2.45, 2.75) is 61.2 Å². The molecule has 31 heteroatoms. The highest BCUT2D eigenvalue weighted by Gasteiger charge is 2.23. The number of carboxylic acid groups (broad SMARTS) is 1. The highest BCUT2D eigenvalue weighted by molar-refractivity contribution is 6.33. The van der Waals surface area contributed by atoms with Gasteiger partial charge in [0.1, 0.15) is 69.4 Å². The van der Waals surface area contributed by atoms with Crippen LogP contribution in [0, 0.1) is 75.5 Å². The van der Waals surface area contributed by atoms with E-state index < -0.39 is 5.97 Å². The Bertz CT molecular complexity index is 5540. The molecule has 108 heavy (non-hydrogen) atoms. The second-order valence-electron chi connectivity index (χ2n) is 23.7. The number of nitrogens with two attached hydrogens (primary N) is 1. The minimum Gasteiger partial charge on any atom is -0.480 e. The molecule has 2 amide bonds. The summed E-state index contributed by atoms with van der Waals surface area (Å²) in [5.74, 6) is 1.24. The van der Waals surface area contributed by atoms with Crippen molar-refractivity contribution < 1.29 is 43.2 Å². The van der Waals surface area contributed by atoms with Crippen molar-refractivity contribution in [3.8, 4) is 97.8 Å². The number of carboxylic acids is 1. The third-order valence-corrected chi connectivity index (χ3v) is 18.0. The van der Waals surface area contributed by atoms with Crippen LogP contribution in [0.4, 0.5) is 0 Å². The standard InChI is InChI=1S/C26H23ClN6O3.C25H21ClN6O3.C19H12ClN3O3.C7H13N3O/c1-15-10-24(36-23-7-5-6-18(20(23)12-28)17-8-9-30-31-13-17)22(27)11-19(15)25(34)29-14-21-16(2)33(3)32-26(21)35-4;1-14-9-23(35-22-6-4-5-17(19(22)11-27)16-7-8-29-30-12-16)21(26)10-18(14)24(33)28-13-20-15(2)32(3)31-25(20)34;1-11-7-18(16(20)8-14(11)19(24)25)26-17-4-2-3-13(15(17)9-21)12-5-6-22-23-10-12;1-5-6(4-8)7(11-3)9-10(5)2/h5-11,13H,14H2,1-4H3,(H,29,34);4-10,12H,13H2,1-3H3,(H,28,33)(H,31,34);2-8,10H,1H3,(H,24,25);4,8H2,1-3H3. The highest BCUT2D eigenvalue weighted by atomic mass is 35.5. The van der Waals surface area contributed by atoms with Gasteiger partial charge in [-0.15, -0.1) is 10.2 Å². The molecule has 0 aliphatic carbocycles. The fraction of sp³-hybridized carbons (Fsp3) is 0.182. The smallest absolute Gasteiger partial charge is 0.336 e. The number of aromatic amines is 1. The van der Waals surface area contributed by atoms with Crippen LogP contribution >= 0.6 is 34.8 Å². The number of hydrogen-bond acceptors (Lipinski definition) is 21. The van der Waals surface area contributed by atoms with E-state index in [1.807, 2.05) is 34.0 Å². The molecule has 0 aliphatic rings. The Morgan fingerprint density at radius 2 is 0.852 bits per heavy atom. The van der Waals surface area contributed by atoms with Crippen molar-refractivity contribution in [1.29, 1.82) is 15.8 Å². The molecule has 0 unspecified atom stereocenters. The molecule has 12 rings (SSSR count). The van der Waals surface area contributed by atoms with Crippen molar-refractivity contribution in [3.63, 3.8) is 0 Å². The van der Waals surface area contributed by atoms with Gasteiger partial charge < -0.3 is 45.2 Å². The number of amides is 2. The monoisotopic (exact) mass is 1510 g/mol. The van der Waals surface area contributed by atoms with Gasteiger partial charge in [0.05, 0.1) is 102 Å². The summed E-state index contributed by atoms with van der Waals surface area (Å²) in [6.45, 7) is 11.7. The number of ether oxygens (including phenoxy) is 5. The van der Waals surface area contributed by atoms with Crippen LogP contribution in [0.15, 0.2) is 151 Å². The number of aryl methyl sites for hydroxylation is 6. The van der Waals surface area contributed by atoms with Crippen molar-refractivity contribution >= 4 is 52.6 Å². The lowest BCUT2D eigenvalue weighted by Gasteiger charge is -2.14. The molecule has 6 aromatic heterocycles. The quantitative estimate of drug-likeness (QED) is 0.0502. The predicted octanol–water partition coefficient (Wildman–Crippen LogP) is 13.4. The van der Waals surface area contributed by atoms with E-state index in [9.17, 15) is 35.0 Å². The van der Waals surface area contributed by atoms with E-state index in [0.717, 1.165) is 44.9 Å². The number of carbonyl (C=O) groups is 3. The fourth-order valence-corrected chi connectivity index (χ4v) is 11.6. The van der Waals surface area contributed by atoms with Gasteiger partial charge >= 0.3 is 5.97 Å². The number of nitriles is 3. The Hall–Kier alpha value is -13.3. The van der Waals surface area contributed by atoms with Crippen molar-refractivity contribution in [1.82, 2.24) is 70.6 Å². The molecule has 6 aromatic carbocycles.